The Bertz CT molecular complexity index is 273. The molecule has 1 aromatic rings. The molecule has 0 amide bonds. The first-order valence-electron chi connectivity index (χ1n) is 3.82. The lowest BCUT2D eigenvalue weighted by atomic mass is 10.1. The van der Waals surface area contributed by atoms with Crippen LogP contribution >= 0.6 is 0 Å². The summed E-state index contributed by atoms with van der Waals surface area (Å²) in [4.78, 5) is 0. The van der Waals surface area contributed by atoms with Gasteiger partial charge in [-0.05, 0) is 37.1 Å². The van der Waals surface area contributed by atoms with Crippen LogP contribution in [0.5, 0.6) is 5.75 Å². The van der Waals surface area contributed by atoms with Crippen molar-refractivity contribution in [3.63, 3.8) is 0 Å². The van der Waals surface area contributed by atoms with Gasteiger partial charge in [0.15, 0.2) is 0 Å². The van der Waals surface area contributed by atoms with Crippen LogP contribution in [0.4, 0.5) is 4.39 Å². The number of nitrogens with two attached hydrogens (primary N) is 1. The van der Waals surface area contributed by atoms with Crippen LogP contribution < -0.4 is 5.73 Å². The number of hydrogen-bond donors (Lipinski definition) is 2. The number of halogens is 1. The van der Waals surface area contributed by atoms with E-state index in [4.69, 9.17) is 10.8 Å². The summed E-state index contributed by atoms with van der Waals surface area (Å²) in [5.74, 6) is -0.239. The highest BCUT2D eigenvalue weighted by Gasteiger charge is 2.04. The van der Waals surface area contributed by atoms with Crippen LogP contribution in [-0.4, -0.2) is 11.1 Å². The van der Waals surface area contributed by atoms with Gasteiger partial charge < -0.3 is 10.8 Å². The number of phenolic OH excluding ortho intramolecular Hbond substituents is 1. The summed E-state index contributed by atoms with van der Waals surface area (Å²) in [5.41, 5.74) is 5.96. The second-order valence-corrected chi connectivity index (χ2v) is 2.96. The fourth-order valence-corrected chi connectivity index (χ4v) is 1.06. The van der Waals surface area contributed by atoms with Crippen molar-refractivity contribution in [2.24, 2.45) is 5.73 Å². The van der Waals surface area contributed by atoms with E-state index in [-0.39, 0.29) is 17.6 Å². The summed E-state index contributed by atoms with van der Waals surface area (Å²) in [7, 11) is 0. The summed E-state index contributed by atoms with van der Waals surface area (Å²) in [6, 6.07) is 3.87. The first kappa shape index (κ1) is 9.00. The van der Waals surface area contributed by atoms with E-state index in [0.29, 0.717) is 12.0 Å². The van der Waals surface area contributed by atoms with Crippen molar-refractivity contribution < 1.29 is 9.50 Å². The van der Waals surface area contributed by atoms with Crippen LogP contribution in [0.15, 0.2) is 18.2 Å². The topological polar surface area (TPSA) is 46.2 Å². The van der Waals surface area contributed by atoms with Gasteiger partial charge in [0, 0.05) is 6.04 Å². The molecule has 0 heterocycles. The fraction of sp³-hybridized carbons (Fsp3) is 0.333. The van der Waals surface area contributed by atoms with Crippen molar-refractivity contribution in [3.05, 3.63) is 29.6 Å². The summed E-state index contributed by atoms with van der Waals surface area (Å²) < 4.78 is 13.0. The largest absolute Gasteiger partial charge is 0.508 e. The van der Waals surface area contributed by atoms with Gasteiger partial charge in [0.25, 0.3) is 0 Å². The van der Waals surface area contributed by atoms with Crippen LogP contribution in [-0.2, 0) is 6.42 Å². The van der Waals surface area contributed by atoms with Gasteiger partial charge in [-0.15, -0.1) is 0 Å². The van der Waals surface area contributed by atoms with Gasteiger partial charge in [-0.25, -0.2) is 4.39 Å². The lowest BCUT2D eigenvalue weighted by Gasteiger charge is -2.06. The highest BCUT2D eigenvalue weighted by Crippen LogP contribution is 2.16. The number of benzene rings is 1. The van der Waals surface area contributed by atoms with E-state index < -0.39 is 0 Å². The fourth-order valence-electron chi connectivity index (χ4n) is 1.06. The lowest BCUT2D eigenvalue weighted by Crippen LogP contribution is -2.18. The standard InChI is InChI=1S/C9H12FNO/c1-6(11)4-7-5-8(12)2-3-9(7)10/h2-3,5-6,12H,4,11H2,1H3/t6-/m1/s1/i10-1. The summed E-state index contributed by atoms with van der Waals surface area (Å²) in [6.45, 7) is 1.80. The molecule has 0 aromatic heterocycles. The van der Waals surface area contributed by atoms with Crippen LogP contribution in [0.25, 0.3) is 0 Å². The zero-order chi connectivity index (χ0) is 9.14. The molecule has 0 spiro atoms. The highest BCUT2D eigenvalue weighted by atomic mass is 18.2. The van der Waals surface area contributed by atoms with Gasteiger partial charge in [-0.3, -0.25) is 0 Å². The molecule has 0 unspecified atom stereocenters. The molecule has 2 nitrogen and oxygen atoms in total. The van der Waals surface area contributed by atoms with E-state index in [0.717, 1.165) is 0 Å². The van der Waals surface area contributed by atoms with E-state index in [2.05, 4.69) is 0 Å². The Morgan fingerprint density at radius 1 is 1.58 bits per heavy atom. The third-order valence-corrected chi connectivity index (χ3v) is 1.57. The van der Waals surface area contributed by atoms with Crippen molar-refractivity contribution in [2.45, 2.75) is 19.4 Å². The maximum atomic E-state index is 13.0. The average Bonchev–Trinajstić information content (AvgIpc) is 1.96. The Balaban J connectivity index is 2.90. The predicted molar refractivity (Wildman–Crippen MR) is 45.4 cm³/mol. The SMILES string of the molecule is C[C@@H](N)Cc1cc(O)ccc1[18F]. The van der Waals surface area contributed by atoms with Crippen LogP contribution in [0, 0.1) is 5.82 Å². The maximum absolute atomic E-state index is 13.0. The first-order valence-corrected chi connectivity index (χ1v) is 3.82. The Morgan fingerprint density at radius 2 is 2.25 bits per heavy atom. The van der Waals surface area contributed by atoms with Crippen molar-refractivity contribution in [1.82, 2.24) is 0 Å². The Hall–Kier alpha value is -1.09. The molecular weight excluding hydrogens is 156 g/mol. The van der Waals surface area contributed by atoms with Gasteiger partial charge in [-0.1, -0.05) is 0 Å². The van der Waals surface area contributed by atoms with E-state index in [1.54, 1.807) is 6.92 Å². The second kappa shape index (κ2) is 3.54. The van der Waals surface area contributed by atoms with Crippen molar-refractivity contribution >= 4 is 0 Å². The number of hydrogen-bond acceptors (Lipinski definition) is 2. The minimum atomic E-state index is -0.315. The molecule has 0 saturated carbocycles. The highest BCUT2D eigenvalue weighted by molar-refractivity contribution is 5.29. The molecule has 0 aliphatic rings. The van der Waals surface area contributed by atoms with Crippen LogP contribution in [0.3, 0.4) is 0 Å². The molecule has 12 heavy (non-hydrogen) atoms. The molecule has 0 aliphatic carbocycles. The smallest absolute Gasteiger partial charge is 0.126 e. The van der Waals surface area contributed by atoms with Gasteiger partial charge in [-0.2, -0.15) is 0 Å². The third-order valence-electron chi connectivity index (χ3n) is 1.57. The zero-order valence-corrected chi connectivity index (χ0v) is 6.92. The normalized spacial score (nSPS) is 12.9. The Morgan fingerprint density at radius 3 is 2.83 bits per heavy atom. The van der Waals surface area contributed by atoms with E-state index in [9.17, 15) is 4.39 Å². The van der Waals surface area contributed by atoms with E-state index >= 15 is 0 Å². The Kier molecular flexibility index (Phi) is 2.65. The molecule has 0 fully saturated rings. The van der Waals surface area contributed by atoms with Gasteiger partial charge in [0.2, 0.25) is 0 Å². The molecular formula is C9H12FNO. The predicted octanol–water partition coefficient (Wildman–Crippen LogP) is 1.42. The molecule has 1 aromatic carbocycles. The monoisotopic (exact) mass is 168 g/mol. The molecule has 1 atom stereocenters. The second-order valence-electron chi connectivity index (χ2n) is 2.96. The van der Waals surface area contributed by atoms with Gasteiger partial charge in [0.05, 0.1) is 0 Å². The molecule has 3 N–H and O–H groups in total. The van der Waals surface area contributed by atoms with Crippen molar-refractivity contribution in [1.29, 1.82) is 0 Å². The Labute approximate surface area is 70.8 Å². The quantitative estimate of drug-likeness (QED) is 0.701. The molecule has 0 bridgehead atoms. The summed E-state index contributed by atoms with van der Waals surface area (Å²) in [6.07, 6.45) is 0.445. The van der Waals surface area contributed by atoms with Gasteiger partial charge >= 0.3 is 0 Å². The maximum Gasteiger partial charge on any atom is 0.126 e. The average molecular weight is 168 g/mol. The minimum absolute atomic E-state index is 0.0760. The lowest BCUT2D eigenvalue weighted by molar-refractivity contribution is 0.470. The molecule has 3 heteroatoms. The van der Waals surface area contributed by atoms with E-state index in [1.165, 1.54) is 18.2 Å². The van der Waals surface area contributed by atoms with Crippen LogP contribution in [0.2, 0.25) is 0 Å². The van der Waals surface area contributed by atoms with Gasteiger partial charge in [0.1, 0.15) is 11.6 Å². The molecule has 66 valence electrons. The van der Waals surface area contributed by atoms with Crippen molar-refractivity contribution in [2.75, 3.05) is 0 Å². The third kappa shape index (κ3) is 2.20. The number of rotatable bonds is 2. The molecule has 1 rings (SSSR count). The number of phenols is 1. The van der Waals surface area contributed by atoms with E-state index in [1.807, 2.05) is 0 Å². The summed E-state index contributed by atoms with van der Waals surface area (Å²) in [5, 5.41) is 9.04. The summed E-state index contributed by atoms with van der Waals surface area (Å²) >= 11 is 0. The number of aromatic hydroxyl groups is 1. The first-order chi connectivity index (χ1) is 5.59. The zero-order valence-electron chi connectivity index (χ0n) is 6.92. The van der Waals surface area contributed by atoms with Crippen LogP contribution in [0.1, 0.15) is 12.5 Å². The van der Waals surface area contributed by atoms with Crippen molar-refractivity contribution in [3.8, 4) is 5.75 Å². The minimum Gasteiger partial charge on any atom is -0.508 e. The molecule has 0 aliphatic heterocycles. The molecule has 0 saturated heterocycles. The molecule has 0 radical (unpaired) electrons.